The van der Waals surface area contributed by atoms with Gasteiger partial charge in [0.1, 0.15) is 17.2 Å². The zero-order valence-corrected chi connectivity index (χ0v) is 15.6. The molecule has 156 valence electrons. The first-order valence-electron chi connectivity index (χ1n) is 7.64. The van der Waals surface area contributed by atoms with Gasteiger partial charge in [0, 0.05) is 20.2 Å². The minimum Gasteiger partial charge on any atom is -0.604 e. The van der Waals surface area contributed by atoms with E-state index < -0.39 is 62.2 Å². The molecule has 1 unspecified atom stereocenters. The molecule has 29 heavy (non-hydrogen) atoms. The predicted octanol–water partition coefficient (Wildman–Crippen LogP) is 4.06. The van der Waals surface area contributed by atoms with Crippen LogP contribution in [0.25, 0.3) is 0 Å². The van der Waals surface area contributed by atoms with Crippen LogP contribution in [-0.4, -0.2) is 41.0 Å². The zero-order chi connectivity index (χ0) is 22.1. The molecule has 0 aromatic heterocycles. The quantitative estimate of drug-likeness (QED) is 0.537. The predicted molar refractivity (Wildman–Crippen MR) is 91.1 cm³/mol. The maximum absolute atomic E-state index is 14.2. The lowest BCUT2D eigenvalue weighted by molar-refractivity contribution is -0.0435. The van der Waals surface area contributed by atoms with Crippen molar-refractivity contribution in [3.63, 3.8) is 0 Å². The van der Waals surface area contributed by atoms with Gasteiger partial charge in [0.05, 0.1) is 16.9 Å². The van der Waals surface area contributed by atoms with E-state index in [0.717, 1.165) is 38.4 Å². The third kappa shape index (κ3) is 4.65. The van der Waals surface area contributed by atoms with Gasteiger partial charge in [-0.2, -0.15) is 0 Å². The van der Waals surface area contributed by atoms with E-state index in [9.17, 15) is 40.5 Å². The Morgan fingerprint density at radius 2 is 1.52 bits per heavy atom. The number of rotatable bonds is 3. The Labute approximate surface area is 163 Å². The molecule has 2 rings (SSSR count). The van der Waals surface area contributed by atoms with Gasteiger partial charge >= 0.3 is 11.5 Å². The molecule has 0 saturated heterocycles. The summed E-state index contributed by atoms with van der Waals surface area (Å²) in [4.78, 5) is 24.6. The van der Waals surface area contributed by atoms with Gasteiger partial charge in [-0.05, 0) is 24.3 Å². The summed E-state index contributed by atoms with van der Waals surface area (Å²) in [5.41, 5.74) is -6.66. The summed E-state index contributed by atoms with van der Waals surface area (Å²) in [5.74, 6) is -5.12. The molecular formula is C17H12F6N2O3S. The molecule has 3 amide bonds. The van der Waals surface area contributed by atoms with Gasteiger partial charge in [-0.15, -0.1) is 13.2 Å². The average Bonchev–Trinajstić information content (AvgIpc) is 2.64. The fourth-order valence-corrected chi connectivity index (χ4v) is 2.96. The number of alkyl halides is 3. The molecule has 2 aromatic carbocycles. The minimum atomic E-state index is -5.11. The lowest BCUT2D eigenvalue weighted by atomic mass is 10.1. The third-order valence-corrected chi connectivity index (χ3v) is 4.86. The SMILES string of the molecule is CN(C(=O)c1c(F)cccc1F)C(=O)N(C)c1ccc([S+]([O-])C(F)(F)F)cc1F. The minimum absolute atomic E-state index is 0.308. The molecular weight excluding hydrogens is 426 g/mol. The van der Waals surface area contributed by atoms with E-state index >= 15 is 0 Å². The molecule has 0 aliphatic heterocycles. The highest BCUT2D eigenvalue weighted by Gasteiger charge is 2.46. The van der Waals surface area contributed by atoms with Crippen molar-refractivity contribution in [1.82, 2.24) is 4.90 Å². The van der Waals surface area contributed by atoms with Crippen LogP contribution in [0.4, 0.5) is 36.8 Å². The highest BCUT2D eigenvalue weighted by Crippen LogP contribution is 2.32. The first-order valence-corrected chi connectivity index (χ1v) is 8.79. The van der Waals surface area contributed by atoms with Gasteiger partial charge in [-0.3, -0.25) is 14.6 Å². The normalized spacial score (nSPS) is 12.4. The van der Waals surface area contributed by atoms with Crippen molar-refractivity contribution in [3.8, 4) is 0 Å². The fourth-order valence-electron chi connectivity index (χ4n) is 2.29. The van der Waals surface area contributed by atoms with Crippen molar-refractivity contribution < 1.29 is 40.5 Å². The van der Waals surface area contributed by atoms with Gasteiger partial charge in [0.2, 0.25) is 0 Å². The number of hydrogen-bond donors (Lipinski definition) is 0. The number of urea groups is 1. The van der Waals surface area contributed by atoms with Crippen LogP contribution in [0.15, 0.2) is 41.3 Å². The summed E-state index contributed by atoms with van der Waals surface area (Å²) in [5, 5.41) is 0. The van der Waals surface area contributed by atoms with Gasteiger partial charge in [-0.25, -0.2) is 18.0 Å². The molecule has 0 heterocycles. The van der Waals surface area contributed by atoms with Crippen LogP contribution in [-0.2, 0) is 11.2 Å². The number of carbonyl (C=O) groups excluding carboxylic acids is 2. The topological polar surface area (TPSA) is 63.7 Å². The molecule has 0 N–H and O–H groups in total. The number of nitrogens with zero attached hydrogens (tertiary/aromatic N) is 2. The smallest absolute Gasteiger partial charge is 0.578 e. The first-order chi connectivity index (χ1) is 13.4. The summed E-state index contributed by atoms with van der Waals surface area (Å²) < 4.78 is 90.4. The van der Waals surface area contributed by atoms with Crippen molar-refractivity contribution in [3.05, 3.63) is 59.4 Å². The van der Waals surface area contributed by atoms with Crippen molar-refractivity contribution in [1.29, 1.82) is 0 Å². The summed E-state index contributed by atoms with van der Waals surface area (Å²) >= 11 is -3.48. The summed E-state index contributed by atoms with van der Waals surface area (Å²) in [6.45, 7) is 0. The van der Waals surface area contributed by atoms with Crippen LogP contribution in [0.3, 0.4) is 0 Å². The van der Waals surface area contributed by atoms with E-state index in [0.29, 0.717) is 21.9 Å². The van der Waals surface area contributed by atoms with E-state index in [1.807, 2.05) is 0 Å². The first kappa shape index (κ1) is 22.6. The number of halogens is 6. The molecule has 0 aliphatic carbocycles. The van der Waals surface area contributed by atoms with Gasteiger partial charge in [-0.1, -0.05) is 6.07 Å². The Bertz CT molecular complexity index is 933. The van der Waals surface area contributed by atoms with E-state index in [-0.39, 0.29) is 0 Å². The van der Waals surface area contributed by atoms with E-state index in [1.165, 1.54) is 0 Å². The third-order valence-electron chi connectivity index (χ3n) is 3.76. The highest BCUT2D eigenvalue weighted by molar-refractivity contribution is 7.92. The van der Waals surface area contributed by atoms with Gasteiger partial charge in [0.25, 0.3) is 5.91 Å². The van der Waals surface area contributed by atoms with Crippen molar-refractivity contribution >= 4 is 28.8 Å². The van der Waals surface area contributed by atoms with Crippen molar-refractivity contribution in [2.45, 2.75) is 10.4 Å². The second kappa shape index (κ2) is 8.33. The Morgan fingerprint density at radius 3 is 2.00 bits per heavy atom. The molecule has 2 aromatic rings. The lowest BCUT2D eigenvalue weighted by Gasteiger charge is -2.24. The Balaban J connectivity index is 2.29. The van der Waals surface area contributed by atoms with Crippen LogP contribution >= 0.6 is 0 Å². The second-order valence-corrected chi connectivity index (χ2v) is 7.10. The van der Waals surface area contributed by atoms with Crippen LogP contribution in [0, 0.1) is 17.5 Å². The number of carbonyl (C=O) groups is 2. The fraction of sp³-hybridized carbons (Fsp3) is 0.176. The number of amides is 3. The number of imide groups is 1. The van der Waals surface area contributed by atoms with E-state index in [1.54, 1.807) is 0 Å². The van der Waals surface area contributed by atoms with E-state index in [2.05, 4.69) is 0 Å². The molecule has 0 radical (unpaired) electrons. The van der Waals surface area contributed by atoms with Crippen molar-refractivity contribution in [2.75, 3.05) is 19.0 Å². The molecule has 0 bridgehead atoms. The van der Waals surface area contributed by atoms with Crippen LogP contribution in [0.2, 0.25) is 0 Å². The average molecular weight is 438 g/mol. The molecule has 5 nitrogen and oxygen atoms in total. The van der Waals surface area contributed by atoms with Crippen LogP contribution in [0.1, 0.15) is 10.4 Å². The van der Waals surface area contributed by atoms with Gasteiger partial charge < -0.3 is 4.55 Å². The maximum Gasteiger partial charge on any atom is 0.578 e. The maximum atomic E-state index is 14.2. The molecule has 1 atom stereocenters. The summed E-state index contributed by atoms with van der Waals surface area (Å²) in [7, 11) is 1.88. The second-order valence-electron chi connectivity index (χ2n) is 5.63. The highest BCUT2D eigenvalue weighted by atomic mass is 32.2. The largest absolute Gasteiger partial charge is 0.604 e. The number of benzene rings is 2. The lowest BCUT2D eigenvalue weighted by Crippen LogP contribution is -2.43. The summed E-state index contributed by atoms with van der Waals surface area (Å²) in [6, 6.07) is 3.19. The molecule has 0 aliphatic rings. The van der Waals surface area contributed by atoms with Crippen LogP contribution < -0.4 is 4.90 Å². The number of hydrogen-bond acceptors (Lipinski definition) is 3. The molecule has 12 heteroatoms. The summed E-state index contributed by atoms with van der Waals surface area (Å²) in [6.07, 6.45) is 0. The van der Waals surface area contributed by atoms with Crippen molar-refractivity contribution in [2.24, 2.45) is 0 Å². The molecule has 0 saturated carbocycles. The monoisotopic (exact) mass is 438 g/mol. The van der Waals surface area contributed by atoms with Crippen LogP contribution in [0.5, 0.6) is 0 Å². The Morgan fingerprint density at radius 1 is 0.966 bits per heavy atom. The molecule has 0 fully saturated rings. The standard InChI is InChI=1S/C17H12F6N2O3S/c1-24(13-7-6-9(8-12(13)20)29(28)17(21,22)23)16(27)25(2)15(26)14-10(18)4-3-5-11(14)19/h3-8H,1-2H3. The Hall–Kier alpha value is -2.73. The number of anilines is 1. The molecule has 0 spiro atoms. The Kier molecular flexibility index (Phi) is 6.48. The van der Waals surface area contributed by atoms with Gasteiger partial charge in [0.15, 0.2) is 10.7 Å². The zero-order valence-electron chi connectivity index (χ0n) is 14.8. The van der Waals surface area contributed by atoms with E-state index in [4.69, 9.17) is 0 Å².